The van der Waals surface area contributed by atoms with E-state index in [1.54, 1.807) is 12.1 Å². The van der Waals surface area contributed by atoms with Crippen molar-refractivity contribution in [2.24, 2.45) is 5.73 Å². The van der Waals surface area contributed by atoms with Crippen LogP contribution in [0.15, 0.2) is 42.2 Å². The third-order valence-corrected chi connectivity index (χ3v) is 5.97. The van der Waals surface area contributed by atoms with E-state index in [4.69, 9.17) is 15.2 Å². The highest BCUT2D eigenvalue weighted by Gasteiger charge is 2.25. The summed E-state index contributed by atoms with van der Waals surface area (Å²) in [5.74, 6) is 1.25. The first-order valence-corrected chi connectivity index (χ1v) is 12.6. The van der Waals surface area contributed by atoms with Crippen LogP contribution in [0.1, 0.15) is 43.2 Å². The normalized spacial score (nSPS) is 12.9. The molecule has 8 heteroatoms. The number of hydrogen-bond acceptors (Lipinski definition) is 8. The molecule has 0 aromatic heterocycles. The Labute approximate surface area is 208 Å². The van der Waals surface area contributed by atoms with Gasteiger partial charge in [0, 0.05) is 29.8 Å². The van der Waals surface area contributed by atoms with Gasteiger partial charge in [0.05, 0.1) is 7.11 Å². The molecule has 7 N–H and O–H groups in total. The number of anilines is 1. The minimum atomic E-state index is 0.00722. The number of phenols is 1. The van der Waals surface area contributed by atoms with Gasteiger partial charge in [0.1, 0.15) is 5.76 Å². The molecule has 1 aliphatic rings. The predicted octanol–water partition coefficient (Wildman–Crippen LogP) is 3.76. The topological polar surface area (TPSA) is 121 Å². The van der Waals surface area contributed by atoms with E-state index in [9.17, 15) is 10.2 Å². The number of nitrogens with two attached hydrogens (primary N) is 1. The number of rotatable bonds is 16. The second-order valence-electron chi connectivity index (χ2n) is 8.72. The number of methoxy groups -OCH3 is 1. The molecule has 1 heterocycles. The Morgan fingerprint density at radius 2 is 1.51 bits per heavy atom. The first-order valence-electron chi connectivity index (χ1n) is 12.6. The van der Waals surface area contributed by atoms with E-state index in [-0.39, 0.29) is 17.3 Å². The van der Waals surface area contributed by atoms with Crippen LogP contribution < -0.4 is 31.2 Å². The van der Waals surface area contributed by atoms with Crippen LogP contribution in [0.5, 0.6) is 17.2 Å². The number of benzene rings is 2. The van der Waals surface area contributed by atoms with Gasteiger partial charge < -0.3 is 41.4 Å². The van der Waals surface area contributed by atoms with Crippen molar-refractivity contribution in [1.82, 2.24) is 10.6 Å². The zero-order valence-electron chi connectivity index (χ0n) is 20.7. The number of nitrogens with one attached hydrogen (secondary N) is 3. The maximum absolute atomic E-state index is 10.5. The number of ether oxygens (including phenoxy) is 2. The highest BCUT2D eigenvalue weighted by atomic mass is 16.5. The zero-order chi connectivity index (χ0) is 24.9. The smallest absolute Gasteiger partial charge is 0.204 e. The van der Waals surface area contributed by atoms with Crippen molar-refractivity contribution in [3.05, 3.63) is 53.3 Å². The van der Waals surface area contributed by atoms with Crippen LogP contribution >= 0.6 is 0 Å². The van der Waals surface area contributed by atoms with Crippen LogP contribution in [0, 0.1) is 0 Å². The summed E-state index contributed by atoms with van der Waals surface area (Å²) in [5, 5.41) is 31.0. The molecule has 0 atom stereocenters. The molecule has 3 rings (SSSR count). The molecule has 0 amide bonds. The predicted molar refractivity (Wildman–Crippen MR) is 141 cm³/mol. The Morgan fingerprint density at radius 3 is 2.20 bits per heavy atom. The average Bonchev–Trinajstić information content (AvgIpc) is 2.87. The monoisotopic (exact) mass is 484 g/mol. The molecular formula is C27H40N4O4. The summed E-state index contributed by atoms with van der Waals surface area (Å²) in [7, 11) is 1.48. The van der Waals surface area contributed by atoms with E-state index in [2.05, 4.69) is 16.0 Å². The summed E-state index contributed by atoms with van der Waals surface area (Å²) in [5.41, 5.74) is 8.04. The molecule has 35 heavy (non-hydrogen) atoms. The highest BCUT2D eigenvalue weighted by Crippen LogP contribution is 2.45. The Hall–Kier alpha value is -2.94. The molecule has 0 radical (unpaired) electrons. The number of unbranched alkanes of at least 4 members (excludes halogenated alkanes) is 2. The fourth-order valence-corrected chi connectivity index (χ4v) is 4.02. The van der Waals surface area contributed by atoms with Crippen molar-refractivity contribution >= 4 is 11.4 Å². The summed E-state index contributed by atoms with van der Waals surface area (Å²) in [4.78, 5) is 0. The molecule has 0 unspecified atom stereocenters. The van der Waals surface area contributed by atoms with Gasteiger partial charge in [0.2, 0.25) is 5.75 Å². The number of aromatic hydroxyl groups is 1. The second kappa shape index (κ2) is 14.5. The van der Waals surface area contributed by atoms with Gasteiger partial charge in [-0.05, 0) is 95.2 Å². The Bertz CT molecular complexity index is 947. The van der Waals surface area contributed by atoms with E-state index in [1.807, 2.05) is 24.3 Å². The summed E-state index contributed by atoms with van der Waals surface area (Å²) in [6.07, 6.45) is 5.92. The van der Waals surface area contributed by atoms with Crippen LogP contribution in [0.25, 0.3) is 5.76 Å². The fraction of sp³-hybridized carbons (Fsp3) is 0.481. The number of aliphatic hydroxyl groups is 1. The average molecular weight is 485 g/mol. The molecule has 0 bridgehead atoms. The van der Waals surface area contributed by atoms with E-state index >= 15 is 0 Å². The lowest BCUT2D eigenvalue weighted by atomic mass is 10.0. The van der Waals surface area contributed by atoms with E-state index in [0.717, 1.165) is 88.2 Å². The molecule has 2 aromatic rings. The van der Waals surface area contributed by atoms with Gasteiger partial charge in [-0.15, -0.1) is 0 Å². The standard InChI is InChI=1S/C27H40N4O4/c1-34-27-23(32)12-9-21-19-24(33)25(35-26(21)27)20-7-10-22(11-8-20)31-18-5-4-15-30-17-6-16-29-14-3-2-13-28/h7-12,29-33H,2-6,13-19,28H2,1H3. The highest BCUT2D eigenvalue weighted by molar-refractivity contribution is 5.71. The van der Waals surface area contributed by atoms with Gasteiger partial charge in [-0.25, -0.2) is 0 Å². The minimum Gasteiger partial charge on any atom is -0.508 e. The molecule has 0 saturated heterocycles. The summed E-state index contributed by atoms with van der Waals surface area (Å²) in [6, 6.07) is 11.1. The number of aliphatic hydroxyl groups excluding tert-OH is 1. The van der Waals surface area contributed by atoms with Crippen molar-refractivity contribution in [3.8, 4) is 17.2 Å². The lowest BCUT2D eigenvalue weighted by molar-refractivity contribution is 0.328. The first kappa shape index (κ1) is 26.7. The lowest BCUT2D eigenvalue weighted by Crippen LogP contribution is -2.23. The number of fused-ring (bicyclic) bond motifs is 1. The number of phenolic OH excluding ortho intramolecular Hbond substituents is 1. The quantitative estimate of drug-likeness (QED) is 0.199. The van der Waals surface area contributed by atoms with Crippen LogP contribution in [-0.2, 0) is 6.42 Å². The number of allylic oxidation sites excluding steroid dienone is 1. The van der Waals surface area contributed by atoms with Crippen molar-refractivity contribution < 1.29 is 19.7 Å². The van der Waals surface area contributed by atoms with Crippen molar-refractivity contribution in [2.75, 3.05) is 51.7 Å². The Balaban J connectivity index is 1.35. The van der Waals surface area contributed by atoms with Gasteiger partial charge in [0.15, 0.2) is 17.3 Å². The van der Waals surface area contributed by atoms with E-state index in [1.165, 1.54) is 7.11 Å². The molecule has 0 fully saturated rings. The third-order valence-electron chi connectivity index (χ3n) is 5.97. The van der Waals surface area contributed by atoms with E-state index in [0.29, 0.717) is 17.9 Å². The fourth-order valence-electron chi connectivity index (χ4n) is 4.02. The second-order valence-corrected chi connectivity index (χ2v) is 8.72. The first-order chi connectivity index (χ1) is 17.1. The molecule has 0 saturated carbocycles. The van der Waals surface area contributed by atoms with Crippen molar-refractivity contribution in [1.29, 1.82) is 0 Å². The summed E-state index contributed by atoms with van der Waals surface area (Å²) in [6.45, 7) is 5.86. The van der Waals surface area contributed by atoms with Crippen molar-refractivity contribution in [3.63, 3.8) is 0 Å². The molecular weight excluding hydrogens is 444 g/mol. The summed E-state index contributed by atoms with van der Waals surface area (Å²) < 4.78 is 11.3. The van der Waals surface area contributed by atoms with Gasteiger partial charge in [-0.1, -0.05) is 6.07 Å². The SMILES string of the molecule is COc1c(O)ccc2c1OC(c1ccc(NCCCCNCCCNCCCCN)cc1)=C(O)C2. The molecule has 192 valence electrons. The third kappa shape index (κ3) is 8.06. The molecule has 0 spiro atoms. The van der Waals surface area contributed by atoms with Gasteiger partial charge in [0.25, 0.3) is 0 Å². The van der Waals surface area contributed by atoms with Crippen LogP contribution in [0.3, 0.4) is 0 Å². The largest absolute Gasteiger partial charge is 0.508 e. The van der Waals surface area contributed by atoms with Gasteiger partial charge in [-0.3, -0.25) is 0 Å². The molecule has 1 aliphatic heterocycles. The van der Waals surface area contributed by atoms with E-state index < -0.39 is 0 Å². The maximum atomic E-state index is 10.5. The minimum absolute atomic E-state index is 0.00722. The molecule has 2 aromatic carbocycles. The van der Waals surface area contributed by atoms with Crippen LogP contribution in [0.4, 0.5) is 5.69 Å². The Kier molecular flexibility index (Phi) is 11.0. The summed E-state index contributed by atoms with van der Waals surface area (Å²) >= 11 is 0. The Morgan fingerprint density at radius 1 is 0.857 bits per heavy atom. The van der Waals surface area contributed by atoms with Crippen LogP contribution in [0.2, 0.25) is 0 Å². The zero-order valence-corrected chi connectivity index (χ0v) is 20.7. The van der Waals surface area contributed by atoms with Gasteiger partial charge >= 0.3 is 0 Å². The molecule has 0 aliphatic carbocycles. The van der Waals surface area contributed by atoms with Gasteiger partial charge in [-0.2, -0.15) is 0 Å². The lowest BCUT2D eigenvalue weighted by Gasteiger charge is -2.23. The molecule has 8 nitrogen and oxygen atoms in total. The number of hydrogen-bond donors (Lipinski definition) is 6. The van der Waals surface area contributed by atoms with Crippen molar-refractivity contribution in [2.45, 2.75) is 38.5 Å². The van der Waals surface area contributed by atoms with Crippen LogP contribution in [-0.4, -0.2) is 56.6 Å². The maximum Gasteiger partial charge on any atom is 0.204 e.